The lowest BCUT2D eigenvalue weighted by Crippen LogP contribution is -2.53. The van der Waals surface area contributed by atoms with Gasteiger partial charge in [0.05, 0.1) is 23.6 Å². The lowest BCUT2D eigenvalue weighted by atomic mass is 9.97. The number of furan rings is 1. The maximum atomic E-state index is 13.9. The molecule has 35 heavy (non-hydrogen) atoms. The molecule has 2 saturated heterocycles. The maximum Gasteiger partial charge on any atom is 0.420 e. The fourth-order valence-electron chi connectivity index (χ4n) is 4.79. The Balaban J connectivity index is 1.44. The van der Waals surface area contributed by atoms with Crippen LogP contribution in [0, 0.1) is 0 Å². The zero-order chi connectivity index (χ0) is 25.1. The SMILES string of the molecule is CC1(C)COC(=O)N1C1CCN(C(=O)c2nc3c(C(F)(F)F)cc(-c4ccoc4)cn3c2Cl)CC1. The molecule has 8 nitrogen and oxygen atoms in total. The van der Waals surface area contributed by atoms with Crippen LogP contribution < -0.4 is 0 Å². The van der Waals surface area contributed by atoms with Gasteiger partial charge in [0.2, 0.25) is 0 Å². The first kappa shape index (κ1) is 23.5. The van der Waals surface area contributed by atoms with Crippen LogP contribution in [0.4, 0.5) is 18.0 Å². The van der Waals surface area contributed by atoms with Crippen molar-refractivity contribution in [3.63, 3.8) is 0 Å². The second-order valence-corrected chi connectivity index (χ2v) is 9.72. The molecule has 0 saturated carbocycles. The van der Waals surface area contributed by atoms with E-state index in [0.29, 0.717) is 38.1 Å². The van der Waals surface area contributed by atoms with Crippen molar-refractivity contribution < 1.29 is 31.9 Å². The van der Waals surface area contributed by atoms with E-state index in [1.54, 1.807) is 4.90 Å². The second-order valence-electron chi connectivity index (χ2n) is 9.36. The average Bonchev–Trinajstić information content (AvgIpc) is 3.51. The van der Waals surface area contributed by atoms with Gasteiger partial charge < -0.3 is 14.1 Å². The zero-order valence-corrected chi connectivity index (χ0v) is 19.7. The molecule has 2 aliphatic rings. The number of halogens is 4. The molecule has 5 rings (SSSR count). The molecule has 0 bridgehead atoms. The van der Waals surface area contributed by atoms with Gasteiger partial charge in [0.25, 0.3) is 5.91 Å². The van der Waals surface area contributed by atoms with Crippen molar-refractivity contribution in [3.8, 4) is 11.1 Å². The third-order valence-corrected chi connectivity index (χ3v) is 6.90. The van der Waals surface area contributed by atoms with E-state index in [1.165, 1.54) is 29.7 Å². The van der Waals surface area contributed by atoms with Crippen LogP contribution in [0.3, 0.4) is 0 Å². The summed E-state index contributed by atoms with van der Waals surface area (Å²) >= 11 is 6.41. The van der Waals surface area contributed by atoms with Gasteiger partial charge in [-0.1, -0.05) is 11.6 Å². The number of aromatic nitrogens is 2. The van der Waals surface area contributed by atoms with E-state index < -0.39 is 28.8 Å². The van der Waals surface area contributed by atoms with Gasteiger partial charge in [0, 0.05) is 36.5 Å². The molecule has 12 heteroatoms. The lowest BCUT2D eigenvalue weighted by molar-refractivity contribution is -0.136. The Morgan fingerprint density at radius 3 is 2.51 bits per heavy atom. The minimum atomic E-state index is -4.72. The summed E-state index contributed by atoms with van der Waals surface area (Å²) in [7, 11) is 0. The van der Waals surface area contributed by atoms with E-state index in [9.17, 15) is 22.8 Å². The van der Waals surface area contributed by atoms with Crippen molar-refractivity contribution in [1.29, 1.82) is 0 Å². The van der Waals surface area contributed by atoms with E-state index in [-0.39, 0.29) is 28.5 Å². The van der Waals surface area contributed by atoms with Gasteiger partial charge in [-0.15, -0.1) is 0 Å². The van der Waals surface area contributed by atoms with Crippen LogP contribution in [0.1, 0.15) is 42.7 Å². The summed E-state index contributed by atoms with van der Waals surface area (Å²) in [5, 5.41) is -0.202. The van der Waals surface area contributed by atoms with Crippen LogP contribution >= 0.6 is 11.6 Å². The topological polar surface area (TPSA) is 80.3 Å². The molecule has 0 spiro atoms. The Kier molecular flexibility index (Phi) is 5.50. The Morgan fingerprint density at radius 2 is 1.94 bits per heavy atom. The number of alkyl halides is 3. The van der Waals surface area contributed by atoms with Gasteiger partial charge in [-0.2, -0.15) is 13.2 Å². The van der Waals surface area contributed by atoms with E-state index in [1.807, 2.05) is 13.8 Å². The number of hydrogen-bond acceptors (Lipinski definition) is 5. The summed E-state index contributed by atoms with van der Waals surface area (Å²) in [4.78, 5) is 32.7. The minimum absolute atomic E-state index is 0.102. The van der Waals surface area contributed by atoms with Gasteiger partial charge >= 0.3 is 12.3 Å². The number of carbonyl (C=O) groups excluding carboxylic acids is 2. The van der Waals surface area contributed by atoms with Crippen LogP contribution in [-0.4, -0.2) is 62.5 Å². The number of pyridine rings is 1. The number of rotatable bonds is 3. The smallest absolute Gasteiger partial charge is 0.420 e. The first-order valence-corrected chi connectivity index (χ1v) is 11.4. The Hall–Kier alpha value is -3.21. The standard InChI is InChI=1S/C23H22ClF3N4O4/c1-22(2)12-35-21(33)31(22)15-3-6-29(7-4-15)20(32)17-18(24)30-10-14(13-5-8-34-11-13)9-16(19(30)28-17)23(25,26)27/h5,8-11,15H,3-4,6-7,12H2,1-2H3. The van der Waals surface area contributed by atoms with Gasteiger partial charge in [-0.3, -0.25) is 14.1 Å². The quantitative estimate of drug-likeness (QED) is 0.489. The van der Waals surface area contributed by atoms with Crippen LogP contribution in [0.25, 0.3) is 16.8 Å². The van der Waals surface area contributed by atoms with E-state index in [0.717, 1.165) is 10.5 Å². The van der Waals surface area contributed by atoms with Crippen LogP contribution in [0.15, 0.2) is 35.3 Å². The summed E-state index contributed by atoms with van der Waals surface area (Å²) in [5.74, 6) is -0.557. The highest BCUT2D eigenvalue weighted by atomic mass is 35.5. The third-order valence-electron chi connectivity index (χ3n) is 6.54. The Morgan fingerprint density at radius 1 is 1.23 bits per heavy atom. The van der Waals surface area contributed by atoms with Crippen molar-refractivity contribution in [3.05, 3.63) is 47.3 Å². The van der Waals surface area contributed by atoms with Gasteiger partial charge in [0.1, 0.15) is 11.8 Å². The fraction of sp³-hybridized carbons (Fsp3) is 0.435. The minimum Gasteiger partial charge on any atom is -0.472 e. The molecule has 0 unspecified atom stereocenters. The Labute approximate surface area is 203 Å². The molecule has 0 N–H and O–H groups in total. The number of amides is 2. The van der Waals surface area contributed by atoms with Crippen molar-refractivity contribution >= 4 is 29.2 Å². The van der Waals surface area contributed by atoms with Crippen molar-refractivity contribution in [1.82, 2.24) is 19.2 Å². The maximum absolute atomic E-state index is 13.9. The summed E-state index contributed by atoms with van der Waals surface area (Å²) in [6, 6.07) is 2.38. The molecule has 0 atom stereocenters. The van der Waals surface area contributed by atoms with Crippen LogP contribution in [-0.2, 0) is 10.9 Å². The molecule has 3 aromatic heterocycles. The van der Waals surface area contributed by atoms with Crippen molar-refractivity contribution in [2.75, 3.05) is 19.7 Å². The highest BCUT2D eigenvalue weighted by Gasteiger charge is 2.45. The van der Waals surface area contributed by atoms with Gasteiger partial charge in [-0.25, -0.2) is 9.78 Å². The molecule has 0 aliphatic carbocycles. The van der Waals surface area contributed by atoms with Gasteiger partial charge in [0.15, 0.2) is 11.3 Å². The predicted molar refractivity (Wildman–Crippen MR) is 119 cm³/mol. The first-order valence-electron chi connectivity index (χ1n) is 11.0. The highest BCUT2D eigenvalue weighted by molar-refractivity contribution is 6.33. The molecular formula is C23H22ClF3N4O4. The molecule has 2 aliphatic heterocycles. The monoisotopic (exact) mass is 510 g/mol. The number of likely N-dealkylation sites (tertiary alicyclic amines) is 1. The first-order chi connectivity index (χ1) is 16.5. The number of piperidine rings is 1. The number of hydrogen-bond donors (Lipinski definition) is 0. The summed E-state index contributed by atoms with van der Waals surface area (Å²) in [6.07, 6.45) is -0.0120. The van der Waals surface area contributed by atoms with Crippen LogP contribution in [0.2, 0.25) is 5.15 Å². The second kappa shape index (κ2) is 8.18. The van der Waals surface area contributed by atoms with E-state index in [2.05, 4.69) is 4.98 Å². The number of carbonyl (C=O) groups is 2. The number of cyclic esters (lactones) is 1. The number of ether oxygens (including phenoxy) is 1. The van der Waals surface area contributed by atoms with E-state index in [4.69, 9.17) is 20.8 Å². The average molecular weight is 511 g/mol. The third kappa shape index (κ3) is 4.01. The number of fused-ring (bicyclic) bond motifs is 1. The molecule has 0 radical (unpaired) electrons. The fourth-order valence-corrected chi connectivity index (χ4v) is 5.05. The molecule has 2 amide bonds. The normalized spacial score (nSPS) is 19.0. The van der Waals surface area contributed by atoms with Gasteiger partial charge in [-0.05, 0) is 38.8 Å². The summed E-state index contributed by atoms with van der Waals surface area (Å²) in [6.45, 7) is 4.74. The molecule has 186 valence electrons. The zero-order valence-electron chi connectivity index (χ0n) is 18.9. The van der Waals surface area contributed by atoms with E-state index >= 15 is 0 Å². The summed E-state index contributed by atoms with van der Waals surface area (Å²) in [5.41, 5.74) is -1.50. The number of nitrogens with zero attached hydrogens (tertiary/aromatic N) is 4. The predicted octanol–water partition coefficient (Wildman–Crippen LogP) is 5.10. The van der Waals surface area contributed by atoms with Crippen LogP contribution in [0.5, 0.6) is 0 Å². The molecule has 5 heterocycles. The molecular weight excluding hydrogens is 489 g/mol. The largest absolute Gasteiger partial charge is 0.472 e. The lowest BCUT2D eigenvalue weighted by Gasteiger charge is -2.40. The number of imidazole rings is 1. The van der Waals surface area contributed by atoms with Crippen molar-refractivity contribution in [2.45, 2.75) is 44.4 Å². The highest BCUT2D eigenvalue weighted by Crippen LogP contribution is 2.37. The van der Waals surface area contributed by atoms with Crippen molar-refractivity contribution in [2.24, 2.45) is 0 Å². The Bertz CT molecular complexity index is 1290. The molecule has 3 aromatic rings. The summed E-state index contributed by atoms with van der Waals surface area (Å²) < 4.78 is 52.8. The molecule has 0 aromatic carbocycles. The molecule has 2 fully saturated rings.